The molecule has 1 unspecified atom stereocenters. The van der Waals surface area contributed by atoms with E-state index in [2.05, 4.69) is 20.6 Å². The molecule has 3 heterocycles. The van der Waals surface area contributed by atoms with Crippen LogP contribution in [0.2, 0.25) is 0 Å². The highest BCUT2D eigenvalue weighted by molar-refractivity contribution is 7.16. The lowest BCUT2D eigenvalue weighted by Crippen LogP contribution is -2.48. The second kappa shape index (κ2) is 5.82. The minimum absolute atomic E-state index is 0.0194. The van der Waals surface area contributed by atoms with Crippen LogP contribution >= 0.6 is 22.7 Å². The molecule has 0 saturated carbocycles. The van der Waals surface area contributed by atoms with Gasteiger partial charge in [-0.15, -0.1) is 22.7 Å². The average Bonchev–Trinajstić information content (AvgIpc) is 2.93. The van der Waals surface area contributed by atoms with E-state index >= 15 is 0 Å². The first-order chi connectivity index (χ1) is 10.0. The van der Waals surface area contributed by atoms with Crippen molar-refractivity contribution in [3.8, 4) is 10.6 Å². The Labute approximate surface area is 131 Å². The summed E-state index contributed by atoms with van der Waals surface area (Å²) in [6, 6.07) is 0. The lowest BCUT2D eigenvalue weighted by atomic mass is 9.88. The van der Waals surface area contributed by atoms with E-state index in [-0.39, 0.29) is 11.8 Å². The Morgan fingerprint density at radius 1 is 1.43 bits per heavy atom. The van der Waals surface area contributed by atoms with Crippen LogP contribution in [0.4, 0.5) is 5.13 Å². The fraction of sp³-hybridized carbons (Fsp3) is 0.500. The summed E-state index contributed by atoms with van der Waals surface area (Å²) in [4.78, 5) is 22.2. The van der Waals surface area contributed by atoms with E-state index in [1.54, 1.807) is 11.3 Å². The maximum absolute atomic E-state index is 12.2. The van der Waals surface area contributed by atoms with Gasteiger partial charge in [-0.1, -0.05) is 6.92 Å². The molecule has 1 atom stereocenters. The summed E-state index contributed by atoms with van der Waals surface area (Å²) in [5, 5.41) is 9.81. The molecule has 7 heteroatoms. The third kappa shape index (κ3) is 3.00. The maximum atomic E-state index is 12.2. The highest BCUT2D eigenvalue weighted by atomic mass is 32.1. The summed E-state index contributed by atoms with van der Waals surface area (Å²) >= 11 is 3.10. The topological polar surface area (TPSA) is 66.9 Å². The molecular weight excluding hydrogens is 304 g/mol. The number of rotatable bonds is 4. The number of thiazole rings is 2. The summed E-state index contributed by atoms with van der Waals surface area (Å²) in [5.41, 5.74) is 1.89. The molecular formula is C14H18N4OS2. The van der Waals surface area contributed by atoms with Crippen LogP contribution in [0.3, 0.4) is 0 Å². The Morgan fingerprint density at radius 3 is 2.76 bits per heavy atom. The number of hydrogen-bond donors (Lipinski definition) is 2. The van der Waals surface area contributed by atoms with Gasteiger partial charge in [0.25, 0.3) is 0 Å². The van der Waals surface area contributed by atoms with Crippen LogP contribution in [0.25, 0.3) is 10.6 Å². The summed E-state index contributed by atoms with van der Waals surface area (Å²) < 4.78 is 0. The molecule has 0 spiro atoms. The lowest BCUT2D eigenvalue weighted by molar-refractivity contribution is -0.121. The third-order valence-electron chi connectivity index (χ3n) is 3.80. The fourth-order valence-electron chi connectivity index (χ4n) is 2.30. The molecule has 1 amide bonds. The highest BCUT2D eigenvalue weighted by Gasteiger charge is 2.29. The monoisotopic (exact) mass is 322 g/mol. The van der Waals surface area contributed by atoms with Crippen LogP contribution < -0.4 is 10.6 Å². The predicted molar refractivity (Wildman–Crippen MR) is 86.8 cm³/mol. The van der Waals surface area contributed by atoms with Crippen molar-refractivity contribution in [1.82, 2.24) is 15.3 Å². The molecule has 2 aromatic rings. The molecule has 112 valence electrons. The number of nitrogens with one attached hydrogen (secondary N) is 2. The first-order valence-electron chi connectivity index (χ1n) is 6.96. The van der Waals surface area contributed by atoms with Gasteiger partial charge in [0.2, 0.25) is 5.91 Å². The van der Waals surface area contributed by atoms with Crippen molar-refractivity contribution >= 4 is 33.7 Å². The van der Waals surface area contributed by atoms with E-state index in [1.807, 2.05) is 26.2 Å². The van der Waals surface area contributed by atoms with Crippen molar-refractivity contribution in [2.75, 3.05) is 18.4 Å². The SMILES string of the molecule is Cc1nc(C)c(-c2csc(NC(=O)C(C)C3CNC3)n2)s1. The Bertz CT molecular complexity index is 660. The minimum atomic E-state index is 0.0194. The molecule has 0 radical (unpaired) electrons. The molecule has 0 aromatic carbocycles. The van der Waals surface area contributed by atoms with Crippen molar-refractivity contribution in [3.05, 3.63) is 16.1 Å². The van der Waals surface area contributed by atoms with Gasteiger partial charge in [-0.05, 0) is 32.9 Å². The van der Waals surface area contributed by atoms with Crippen LogP contribution in [0.5, 0.6) is 0 Å². The standard InChI is InChI=1S/C14H18N4OS2/c1-7(10-4-15-5-10)13(19)18-14-17-11(6-20-14)12-8(2)16-9(3)21-12/h6-7,10,15H,4-5H2,1-3H3,(H,17,18,19). The van der Waals surface area contributed by atoms with E-state index < -0.39 is 0 Å². The van der Waals surface area contributed by atoms with Gasteiger partial charge in [0.05, 0.1) is 21.3 Å². The van der Waals surface area contributed by atoms with Gasteiger partial charge in [-0.2, -0.15) is 0 Å². The van der Waals surface area contributed by atoms with Crippen LogP contribution in [0, 0.1) is 25.7 Å². The van der Waals surface area contributed by atoms with E-state index in [0.29, 0.717) is 11.0 Å². The van der Waals surface area contributed by atoms with Crippen LogP contribution in [-0.2, 0) is 4.79 Å². The van der Waals surface area contributed by atoms with E-state index in [9.17, 15) is 4.79 Å². The number of nitrogens with zero attached hydrogens (tertiary/aromatic N) is 2. The molecule has 1 saturated heterocycles. The zero-order valence-corrected chi connectivity index (χ0v) is 13.9. The zero-order valence-electron chi connectivity index (χ0n) is 12.3. The smallest absolute Gasteiger partial charge is 0.229 e. The number of carbonyl (C=O) groups excluding carboxylic acids is 1. The van der Waals surface area contributed by atoms with E-state index in [4.69, 9.17) is 0 Å². The maximum Gasteiger partial charge on any atom is 0.229 e. The number of anilines is 1. The van der Waals surface area contributed by atoms with Gasteiger partial charge >= 0.3 is 0 Å². The van der Waals surface area contributed by atoms with Gasteiger partial charge in [0.1, 0.15) is 0 Å². The number of hydrogen-bond acceptors (Lipinski definition) is 6. The Balaban J connectivity index is 1.70. The van der Waals surface area contributed by atoms with Crippen LogP contribution in [0.15, 0.2) is 5.38 Å². The summed E-state index contributed by atoms with van der Waals surface area (Å²) in [7, 11) is 0. The second-order valence-corrected chi connectivity index (χ2v) is 7.44. The average molecular weight is 322 g/mol. The molecule has 0 aliphatic carbocycles. The number of aryl methyl sites for hydroxylation is 2. The Hall–Kier alpha value is -1.31. The van der Waals surface area contributed by atoms with Crippen molar-refractivity contribution in [2.24, 2.45) is 11.8 Å². The molecule has 1 aliphatic rings. The molecule has 3 rings (SSSR count). The van der Waals surface area contributed by atoms with Gasteiger partial charge in [-0.25, -0.2) is 9.97 Å². The molecule has 1 fully saturated rings. The molecule has 21 heavy (non-hydrogen) atoms. The van der Waals surface area contributed by atoms with Crippen molar-refractivity contribution in [2.45, 2.75) is 20.8 Å². The first kappa shape index (κ1) is 14.6. The van der Waals surface area contributed by atoms with Gasteiger partial charge in [0, 0.05) is 11.3 Å². The van der Waals surface area contributed by atoms with E-state index in [0.717, 1.165) is 34.4 Å². The molecule has 2 N–H and O–H groups in total. The lowest BCUT2D eigenvalue weighted by Gasteiger charge is -2.31. The van der Waals surface area contributed by atoms with Crippen molar-refractivity contribution in [3.63, 3.8) is 0 Å². The fourth-order valence-corrected chi connectivity index (χ4v) is 3.96. The molecule has 0 bridgehead atoms. The van der Waals surface area contributed by atoms with Gasteiger partial charge in [0.15, 0.2) is 5.13 Å². The molecule has 1 aliphatic heterocycles. The number of amides is 1. The number of carbonyl (C=O) groups is 1. The largest absolute Gasteiger partial charge is 0.316 e. The summed E-state index contributed by atoms with van der Waals surface area (Å²) in [6.07, 6.45) is 0. The minimum Gasteiger partial charge on any atom is -0.316 e. The Kier molecular flexibility index (Phi) is 4.05. The van der Waals surface area contributed by atoms with Gasteiger partial charge in [-0.3, -0.25) is 4.79 Å². The highest BCUT2D eigenvalue weighted by Crippen LogP contribution is 2.32. The quantitative estimate of drug-likeness (QED) is 0.908. The third-order valence-corrected chi connectivity index (χ3v) is 5.66. The second-order valence-electron chi connectivity index (χ2n) is 5.38. The summed E-state index contributed by atoms with van der Waals surface area (Å²) in [6.45, 7) is 7.81. The van der Waals surface area contributed by atoms with Crippen LogP contribution in [0.1, 0.15) is 17.6 Å². The predicted octanol–water partition coefficient (Wildman–Crippen LogP) is 2.68. The molecule has 2 aromatic heterocycles. The normalized spacial score (nSPS) is 16.5. The van der Waals surface area contributed by atoms with Gasteiger partial charge < -0.3 is 10.6 Å². The first-order valence-corrected chi connectivity index (χ1v) is 8.65. The van der Waals surface area contributed by atoms with Crippen molar-refractivity contribution < 1.29 is 4.79 Å². The number of aromatic nitrogens is 2. The zero-order chi connectivity index (χ0) is 15.0. The van der Waals surface area contributed by atoms with Crippen LogP contribution in [-0.4, -0.2) is 29.0 Å². The van der Waals surface area contributed by atoms with E-state index in [1.165, 1.54) is 11.3 Å². The summed E-state index contributed by atoms with van der Waals surface area (Å²) in [5.74, 6) is 0.515. The van der Waals surface area contributed by atoms with Crippen molar-refractivity contribution in [1.29, 1.82) is 0 Å². The Morgan fingerprint density at radius 2 is 2.19 bits per heavy atom. The molecule has 5 nitrogen and oxygen atoms in total.